The van der Waals surface area contributed by atoms with Gasteiger partial charge < -0.3 is 28.5 Å². The number of benzene rings is 1. The number of rotatable bonds is 9. The summed E-state index contributed by atoms with van der Waals surface area (Å²) in [6.07, 6.45) is 6.26. The zero-order valence-corrected chi connectivity index (χ0v) is 23.4. The van der Waals surface area contributed by atoms with Crippen LogP contribution in [0, 0.1) is 17.8 Å². The molecule has 5 aliphatic rings. The summed E-state index contributed by atoms with van der Waals surface area (Å²) in [6, 6.07) is 9.06. The van der Waals surface area contributed by atoms with Gasteiger partial charge in [-0.15, -0.1) is 0 Å². The van der Waals surface area contributed by atoms with Crippen LogP contribution in [0.1, 0.15) is 68.6 Å². The van der Waals surface area contributed by atoms with Crippen LogP contribution in [0.5, 0.6) is 0 Å². The van der Waals surface area contributed by atoms with Crippen molar-refractivity contribution in [2.24, 2.45) is 17.8 Å². The van der Waals surface area contributed by atoms with Crippen molar-refractivity contribution in [2.75, 3.05) is 0 Å². The Morgan fingerprint density at radius 3 is 2.74 bits per heavy atom. The van der Waals surface area contributed by atoms with E-state index in [1.54, 1.807) is 12.1 Å². The van der Waals surface area contributed by atoms with Crippen molar-refractivity contribution in [1.29, 1.82) is 0 Å². The lowest BCUT2D eigenvalue weighted by Gasteiger charge is -2.53. The van der Waals surface area contributed by atoms with E-state index in [2.05, 4.69) is 29.4 Å². The van der Waals surface area contributed by atoms with Crippen molar-refractivity contribution in [2.45, 2.75) is 107 Å². The number of ether oxygens (including phenoxy) is 5. The first kappa shape index (κ1) is 26.6. The van der Waals surface area contributed by atoms with Gasteiger partial charge in [-0.05, 0) is 54.1 Å². The van der Waals surface area contributed by atoms with Gasteiger partial charge in [-0.3, -0.25) is 0 Å². The van der Waals surface area contributed by atoms with Crippen molar-refractivity contribution in [1.82, 2.24) is 0 Å². The summed E-state index contributed by atoms with van der Waals surface area (Å²) >= 11 is 3.45. The lowest BCUT2D eigenvalue weighted by molar-refractivity contribution is -0.333. The molecular weight excluding hydrogens is 552 g/mol. The van der Waals surface area contributed by atoms with Crippen molar-refractivity contribution >= 4 is 28.2 Å². The molecule has 4 aliphatic heterocycles. The average molecular weight is 590 g/mol. The Morgan fingerprint density at radius 2 is 1.97 bits per heavy atom. The largest absolute Gasteiger partial charge is 0.458 e. The molecule has 5 bridgehead atoms. The van der Waals surface area contributed by atoms with Crippen LogP contribution in [0.3, 0.4) is 0 Å². The molecule has 1 saturated carbocycles. The molecule has 5 fully saturated rings. The van der Waals surface area contributed by atoms with Gasteiger partial charge in [0.15, 0.2) is 5.79 Å². The van der Waals surface area contributed by atoms with Crippen LogP contribution in [-0.2, 0) is 28.5 Å². The fourth-order valence-electron chi connectivity index (χ4n) is 7.67. The molecule has 1 aromatic rings. The van der Waals surface area contributed by atoms with Gasteiger partial charge in [-0.2, -0.15) is 0 Å². The van der Waals surface area contributed by atoms with Gasteiger partial charge in [0.2, 0.25) is 0 Å². The lowest BCUT2D eigenvalue weighted by atomic mass is 9.74. The SMILES string of the molecule is C=C(Br)C[C@H](CC[C@@]12CC3CC(O1)C1C(C)[C@@H](OC4CCC(CC=O)O[C@@H]41)C3O2)OC(=O)c1ccccc1. The normalized spacial score (nSPS) is 41.6. The van der Waals surface area contributed by atoms with Gasteiger partial charge in [-0.1, -0.05) is 47.6 Å². The van der Waals surface area contributed by atoms with Crippen LogP contribution in [-0.4, -0.2) is 60.8 Å². The molecule has 0 aromatic heterocycles. The lowest BCUT2D eigenvalue weighted by Crippen LogP contribution is -2.61. The van der Waals surface area contributed by atoms with Crippen LogP contribution in [0.2, 0.25) is 0 Å². The van der Waals surface area contributed by atoms with Gasteiger partial charge in [0.25, 0.3) is 0 Å². The number of halogens is 1. The minimum absolute atomic E-state index is 0.00916. The molecule has 7 unspecified atom stereocenters. The molecule has 8 heteroatoms. The van der Waals surface area contributed by atoms with Gasteiger partial charge in [0, 0.05) is 31.6 Å². The third kappa shape index (κ3) is 5.03. The maximum atomic E-state index is 12.8. The van der Waals surface area contributed by atoms with Crippen LogP contribution >= 0.6 is 15.9 Å². The first-order valence-electron chi connectivity index (χ1n) is 14.1. The predicted octanol–water partition coefficient (Wildman–Crippen LogP) is 5.35. The van der Waals surface area contributed by atoms with E-state index < -0.39 is 5.79 Å². The molecule has 0 amide bonds. The molecule has 0 N–H and O–H groups in total. The number of hydrogen-bond donors (Lipinski definition) is 0. The Bertz CT molecular complexity index is 1050. The maximum absolute atomic E-state index is 12.8. The van der Waals surface area contributed by atoms with E-state index in [0.717, 1.165) is 36.5 Å². The minimum atomic E-state index is -0.715. The van der Waals surface area contributed by atoms with Crippen molar-refractivity contribution in [3.63, 3.8) is 0 Å². The van der Waals surface area contributed by atoms with E-state index in [9.17, 15) is 9.59 Å². The van der Waals surface area contributed by atoms with E-state index in [1.165, 1.54) is 0 Å². The number of esters is 1. The summed E-state index contributed by atoms with van der Waals surface area (Å²) < 4.78 is 33.6. The van der Waals surface area contributed by atoms with E-state index in [1.807, 2.05) is 18.2 Å². The summed E-state index contributed by atoms with van der Waals surface area (Å²) in [4.78, 5) is 24.0. The standard InChI is InChI=1S/C30H37BrO7/c1-17(31)14-22(35-29(33)19-6-4-3-5-7-19)10-12-30-16-20-15-24(37-30)25-18(2)26(27(20)38-30)36-23-9-8-21(11-13-32)34-28(23)25/h3-7,13,18,20-28H,1,8-12,14-16H2,2H3/t18?,20?,21?,22-,23?,24?,25?,26+,27?,28-,30+/m0/s1. The summed E-state index contributed by atoms with van der Waals surface area (Å²) in [5.41, 5.74) is 0.533. The third-order valence-corrected chi connectivity index (χ3v) is 9.63. The summed E-state index contributed by atoms with van der Waals surface area (Å²) in [7, 11) is 0. The first-order valence-corrected chi connectivity index (χ1v) is 14.8. The highest BCUT2D eigenvalue weighted by Crippen LogP contribution is 2.57. The second kappa shape index (κ2) is 10.8. The van der Waals surface area contributed by atoms with Crippen molar-refractivity contribution in [3.8, 4) is 0 Å². The molecule has 206 valence electrons. The van der Waals surface area contributed by atoms with E-state index >= 15 is 0 Å². The van der Waals surface area contributed by atoms with Crippen molar-refractivity contribution in [3.05, 3.63) is 47.0 Å². The zero-order valence-electron chi connectivity index (χ0n) is 21.8. The maximum Gasteiger partial charge on any atom is 0.338 e. The Kier molecular flexibility index (Phi) is 7.55. The number of hydrogen-bond acceptors (Lipinski definition) is 7. The van der Waals surface area contributed by atoms with Crippen LogP contribution in [0.25, 0.3) is 0 Å². The predicted molar refractivity (Wildman–Crippen MR) is 143 cm³/mol. The highest BCUT2D eigenvalue weighted by atomic mass is 79.9. The van der Waals surface area contributed by atoms with Crippen LogP contribution in [0.15, 0.2) is 41.4 Å². The molecule has 38 heavy (non-hydrogen) atoms. The zero-order chi connectivity index (χ0) is 26.4. The first-order chi connectivity index (χ1) is 18.4. The quantitative estimate of drug-likeness (QED) is 0.284. The molecule has 4 heterocycles. The highest BCUT2D eigenvalue weighted by molar-refractivity contribution is 9.11. The smallest absolute Gasteiger partial charge is 0.338 e. The number of aldehydes is 1. The second-order valence-corrected chi connectivity index (χ2v) is 12.9. The molecule has 1 aliphatic carbocycles. The number of fused-ring (bicyclic) bond motifs is 8. The monoisotopic (exact) mass is 588 g/mol. The highest BCUT2D eigenvalue weighted by Gasteiger charge is 2.65. The van der Waals surface area contributed by atoms with Crippen LogP contribution < -0.4 is 0 Å². The van der Waals surface area contributed by atoms with E-state index in [4.69, 9.17) is 23.7 Å². The Balaban J connectivity index is 1.18. The number of carbonyl (C=O) groups excluding carboxylic acids is 2. The summed E-state index contributed by atoms with van der Waals surface area (Å²) in [6.45, 7) is 6.22. The molecule has 0 radical (unpaired) electrons. The fourth-order valence-corrected chi connectivity index (χ4v) is 8.03. The Morgan fingerprint density at radius 1 is 1.16 bits per heavy atom. The van der Waals surface area contributed by atoms with Gasteiger partial charge in [0.05, 0.1) is 42.2 Å². The van der Waals surface area contributed by atoms with E-state index in [0.29, 0.717) is 37.2 Å². The molecular formula is C30H37BrO7. The van der Waals surface area contributed by atoms with Gasteiger partial charge >= 0.3 is 5.97 Å². The molecule has 6 rings (SSSR count). The topological polar surface area (TPSA) is 80.3 Å². The number of carbonyl (C=O) groups is 2. The molecule has 11 atom stereocenters. The summed E-state index contributed by atoms with van der Waals surface area (Å²) in [5.74, 6) is -0.228. The molecule has 7 nitrogen and oxygen atoms in total. The summed E-state index contributed by atoms with van der Waals surface area (Å²) in [5, 5.41) is 0. The molecule has 4 saturated heterocycles. The van der Waals surface area contributed by atoms with Crippen LogP contribution in [0.4, 0.5) is 0 Å². The second-order valence-electron chi connectivity index (χ2n) is 11.8. The fraction of sp³-hybridized carbons (Fsp3) is 0.667. The van der Waals surface area contributed by atoms with Crippen molar-refractivity contribution < 1.29 is 33.3 Å². The Labute approximate surface area is 232 Å². The molecule has 0 spiro atoms. The van der Waals surface area contributed by atoms with E-state index in [-0.39, 0.29) is 60.5 Å². The van der Waals surface area contributed by atoms with Gasteiger partial charge in [0.1, 0.15) is 12.4 Å². The van der Waals surface area contributed by atoms with Gasteiger partial charge in [-0.25, -0.2) is 4.79 Å². The third-order valence-electron chi connectivity index (χ3n) is 9.31. The molecule has 1 aromatic carbocycles. The average Bonchev–Trinajstić information content (AvgIpc) is 3.15. The minimum Gasteiger partial charge on any atom is -0.458 e. The Hall–Kier alpha value is -1.58.